The lowest BCUT2D eigenvalue weighted by Crippen LogP contribution is -2.20. The van der Waals surface area contributed by atoms with Crippen LogP contribution in [0.3, 0.4) is 0 Å². The van der Waals surface area contributed by atoms with Crippen LogP contribution in [0.25, 0.3) is 0 Å². The molecule has 0 radical (unpaired) electrons. The van der Waals surface area contributed by atoms with Crippen molar-refractivity contribution in [2.75, 3.05) is 12.4 Å². The molecule has 0 spiro atoms. The molecule has 0 aliphatic carbocycles. The summed E-state index contributed by atoms with van der Waals surface area (Å²) in [7, 11) is 1.48. The maximum absolute atomic E-state index is 11.5. The van der Waals surface area contributed by atoms with E-state index >= 15 is 0 Å². The number of nitrogens with one attached hydrogen (secondary N) is 2. The van der Waals surface area contributed by atoms with E-state index < -0.39 is 11.9 Å². The Morgan fingerprint density at radius 3 is 2.44 bits per heavy atom. The fraction of sp³-hybridized carbons (Fsp3) is 0.0833. The van der Waals surface area contributed by atoms with Gasteiger partial charge in [-0.25, -0.2) is 4.79 Å². The molecule has 94 valence electrons. The van der Waals surface area contributed by atoms with Crippen molar-refractivity contribution in [1.29, 1.82) is 0 Å². The highest BCUT2D eigenvalue weighted by atomic mass is 16.4. The van der Waals surface area contributed by atoms with Gasteiger partial charge in [0.25, 0.3) is 5.91 Å². The lowest BCUT2D eigenvalue weighted by molar-refractivity contribution is -0.131. The second-order valence-corrected chi connectivity index (χ2v) is 3.29. The molecule has 0 atom stereocenters. The van der Waals surface area contributed by atoms with Crippen molar-refractivity contribution in [3.63, 3.8) is 0 Å². The third-order valence-corrected chi connectivity index (χ3v) is 2.03. The zero-order chi connectivity index (χ0) is 13.5. The summed E-state index contributed by atoms with van der Waals surface area (Å²) in [5.41, 5.74) is 0.619. The van der Waals surface area contributed by atoms with Gasteiger partial charge < -0.3 is 15.7 Å². The Morgan fingerprint density at radius 1 is 1.17 bits per heavy atom. The fourth-order valence-corrected chi connectivity index (χ4v) is 1.25. The third kappa shape index (κ3) is 3.75. The SMILES string of the molecule is CNC(=O)c1ccccc1NC(=O)/C=C/C(=O)O. The molecule has 0 aliphatic rings. The number of rotatable bonds is 4. The summed E-state index contributed by atoms with van der Waals surface area (Å²) in [6.07, 6.45) is 1.60. The molecule has 2 amide bonds. The fourth-order valence-electron chi connectivity index (χ4n) is 1.25. The second kappa shape index (κ2) is 6.19. The average molecular weight is 248 g/mol. The molecule has 0 unspecified atom stereocenters. The van der Waals surface area contributed by atoms with Crippen molar-refractivity contribution in [2.45, 2.75) is 0 Å². The number of hydrogen-bond donors (Lipinski definition) is 3. The largest absolute Gasteiger partial charge is 0.478 e. The van der Waals surface area contributed by atoms with Crippen molar-refractivity contribution in [3.05, 3.63) is 42.0 Å². The van der Waals surface area contributed by atoms with Gasteiger partial charge in [-0.3, -0.25) is 9.59 Å². The van der Waals surface area contributed by atoms with Crippen molar-refractivity contribution in [2.24, 2.45) is 0 Å². The summed E-state index contributed by atoms with van der Waals surface area (Å²) in [5.74, 6) is -2.17. The zero-order valence-corrected chi connectivity index (χ0v) is 9.64. The van der Waals surface area contributed by atoms with E-state index in [1.54, 1.807) is 24.3 Å². The van der Waals surface area contributed by atoms with Crippen LogP contribution in [0.15, 0.2) is 36.4 Å². The number of benzene rings is 1. The molecule has 6 nitrogen and oxygen atoms in total. The number of carboxylic acid groups (broad SMARTS) is 1. The van der Waals surface area contributed by atoms with Crippen molar-refractivity contribution in [1.82, 2.24) is 5.32 Å². The zero-order valence-electron chi connectivity index (χ0n) is 9.64. The number of amides is 2. The number of carboxylic acids is 1. The van der Waals surface area contributed by atoms with Gasteiger partial charge in [-0.05, 0) is 12.1 Å². The molecule has 0 heterocycles. The van der Waals surface area contributed by atoms with Gasteiger partial charge in [0.15, 0.2) is 0 Å². The maximum Gasteiger partial charge on any atom is 0.328 e. The van der Waals surface area contributed by atoms with Crippen LogP contribution in [0.2, 0.25) is 0 Å². The molecule has 0 bridgehead atoms. The Hall–Kier alpha value is -2.63. The normalized spacial score (nSPS) is 10.1. The first-order valence-corrected chi connectivity index (χ1v) is 5.07. The van der Waals surface area contributed by atoms with Crippen LogP contribution in [-0.4, -0.2) is 29.9 Å². The van der Waals surface area contributed by atoms with Crippen molar-refractivity contribution < 1.29 is 19.5 Å². The van der Waals surface area contributed by atoms with Crippen LogP contribution in [-0.2, 0) is 9.59 Å². The predicted octanol–water partition coefficient (Wildman–Crippen LogP) is 0.625. The molecule has 18 heavy (non-hydrogen) atoms. The summed E-state index contributed by atoms with van der Waals surface area (Å²) in [5, 5.41) is 13.3. The predicted molar refractivity (Wildman–Crippen MR) is 65.2 cm³/mol. The van der Waals surface area contributed by atoms with E-state index in [0.29, 0.717) is 11.3 Å². The summed E-state index contributed by atoms with van der Waals surface area (Å²) in [6, 6.07) is 6.42. The average Bonchev–Trinajstić information content (AvgIpc) is 2.36. The van der Waals surface area contributed by atoms with E-state index in [9.17, 15) is 14.4 Å². The van der Waals surface area contributed by atoms with Crippen LogP contribution < -0.4 is 10.6 Å². The molecular weight excluding hydrogens is 236 g/mol. The summed E-state index contributed by atoms with van der Waals surface area (Å²) >= 11 is 0. The molecule has 0 saturated heterocycles. The summed E-state index contributed by atoms with van der Waals surface area (Å²) in [4.78, 5) is 33.1. The van der Waals surface area contributed by atoms with E-state index in [2.05, 4.69) is 10.6 Å². The lowest BCUT2D eigenvalue weighted by Gasteiger charge is -2.08. The van der Waals surface area contributed by atoms with E-state index in [0.717, 1.165) is 12.2 Å². The Bertz CT molecular complexity index is 509. The molecule has 0 fully saturated rings. The van der Waals surface area contributed by atoms with Crippen LogP contribution in [0, 0.1) is 0 Å². The number of aliphatic carboxylic acids is 1. The molecule has 0 saturated carbocycles. The van der Waals surface area contributed by atoms with Crippen molar-refractivity contribution >= 4 is 23.5 Å². The minimum Gasteiger partial charge on any atom is -0.478 e. The third-order valence-electron chi connectivity index (χ3n) is 2.03. The number of carbonyl (C=O) groups is 3. The monoisotopic (exact) mass is 248 g/mol. The first kappa shape index (κ1) is 13.4. The topological polar surface area (TPSA) is 95.5 Å². The highest BCUT2D eigenvalue weighted by Crippen LogP contribution is 2.14. The van der Waals surface area contributed by atoms with Gasteiger partial charge in [-0.2, -0.15) is 0 Å². The van der Waals surface area contributed by atoms with E-state index in [1.807, 2.05) is 0 Å². The standard InChI is InChI=1S/C12H12N2O4/c1-13-12(18)8-4-2-3-5-9(8)14-10(15)6-7-11(16)17/h2-7H,1H3,(H,13,18)(H,14,15)(H,16,17)/b7-6+. The Balaban J connectivity index is 2.88. The number of carbonyl (C=O) groups excluding carboxylic acids is 2. The molecule has 1 rings (SSSR count). The van der Waals surface area contributed by atoms with Gasteiger partial charge in [-0.1, -0.05) is 12.1 Å². The minimum atomic E-state index is -1.22. The molecule has 6 heteroatoms. The summed E-state index contributed by atoms with van der Waals surface area (Å²) in [6.45, 7) is 0. The van der Waals surface area contributed by atoms with E-state index in [1.165, 1.54) is 7.05 Å². The summed E-state index contributed by atoms with van der Waals surface area (Å²) < 4.78 is 0. The molecule has 1 aromatic rings. The number of para-hydroxylation sites is 1. The van der Waals surface area contributed by atoms with Gasteiger partial charge in [0.05, 0.1) is 11.3 Å². The quantitative estimate of drug-likeness (QED) is 0.681. The van der Waals surface area contributed by atoms with E-state index in [4.69, 9.17) is 5.11 Å². The van der Waals surface area contributed by atoms with Gasteiger partial charge >= 0.3 is 5.97 Å². The first-order chi connectivity index (χ1) is 8.54. The minimum absolute atomic E-state index is 0.303. The highest BCUT2D eigenvalue weighted by molar-refractivity contribution is 6.07. The molecule has 0 aromatic heterocycles. The molecule has 1 aromatic carbocycles. The second-order valence-electron chi connectivity index (χ2n) is 3.29. The highest BCUT2D eigenvalue weighted by Gasteiger charge is 2.10. The van der Waals surface area contributed by atoms with Crippen LogP contribution >= 0.6 is 0 Å². The molecular formula is C12H12N2O4. The number of anilines is 1. The van der Waals surface area contributed by atoms with E-state index in [-0.39, 0.29) is 5.91 Å². The van der Waals surface area contributed by atoms with Crippen molar-refractivity contribution in [3.8, 4) is 0 Å². The first-order valence-electron chi connectivity index (χ1n) is 5.07. The molecule has 0 aliphatic heterocycles. The smallest absolute Gasteiger partial charge is 0.328 e. The van der Waals surface area contributed by atoms with Gasteiger partial charge in [0.2, 0.25) is 5.91 Å². The van der Waals surface area contributed by atoms with Gasteiger partial charge in [-0.15, -0.1) is 0 Å². The van der Waals surface area contributed by atoms with Crippen LogP contribution in [0.1, 0.15) is 10.4 Å². The number of hydrogen-bond acceptors (Lipinski definition) is 3. The lowest BCUT2D eigenvalue weighted by atomic mass is 10.1. The van der Waals surface area contributed by atoms with Crippen LogP contribution in [0.5, 0.6) is 0 Å². The maximum atomic E-state index is 11.5. The Morgan fingerprint density at radius 2 is 1.83 bits per heavy atom. The Labute approximate surface area is 103 Å². The van der Waals surface area contributed by atoms with Crippen LogP contribution in [0.4, 0.5) is 5.69 Å². The Kier molecular flexibility index (Phi) is 4.62. The molecule has 3 N–H and O–H groups in total. The van der Waals surface area contributed by atoms with Gasteiger partial charge in [0, 0.05) is 19.2 Å². The van der Waals surface area contributed by atoms with Gasteiger partial charge in [0.1, 0.15) is 0 Å².